The fourth-order valence-electron chi connectivity index (χ4n) is 2.92. The fourth-order valence-corrected chi connectivity index (χ4v) is 4.40. The molecular weight excluding hydrogens is 412 g/mol. The molecule has 10 nitrogen and oxygen atoms in total. The molecule has 1 saturated heterocycles. The first-order chi connectivity index (χ1) is 13.2. The number of nitrogens with one attached hydrogen (secondary N) is 1. The maximum absolute atomic E-state index is 12.5. The number of rotatable bonds is 6. The molecule has 2 atom stereocenters. The number of carboxylic acids is 1. The average Bonchev–Trinajstić information content (AvgIpc) is 2.93. The number of aliphatic carboxylic acids is 1. The summed E-state index contributed by atoms with van der Waals surface area (Å²) in [7, 11) is 0. The molecule has 28 heavy (non-hydrogen) atoms. The highest BCUT2D eigenvalue weighted by atomic mass is 35.5. The number of β-lactam (4-membered cyclic amide) rings is 1. The second kappa shape index (κ2) is 7.84. The van der Waals surface area contributed by atoms with E-state index in [-0.39, 0.29) is 24.6 Å². The maximum Gasteiger partial charge on any atom is 0.352 e. The van der Waals surface area contributed by atoms with Gasteiger partial charge in [0, 0.05) is 24.4 Å². The minimum atomic E-state index is -1.28. The summed E-state index contributed by atoms with van der Waals surface area (Å²) in [6, 6.07) is -0.839. The molecule has 0 aromatic carbocycles. The number of carbonyl (C=O) groups excluding carboxylic acids is 3. The minimum absolute atomic E-state index is 0.117. The van der Waals surface area contributed by atoms with Gasteiger partial charge < -0.3 is 15.2 Å². The number of nitrogens with zero attached hydrogens (tertiary/aromatic N) is 3. The molecule has 2 unspecified atom stereocenters. The summed E-state index contributed by atoms with van der Waals surface area (Å²) in [5.41, 5.74) is 0.721. The summed E-state index contributed by atoms with van der Waals surface area (Å²) >= 11 is 7.20. The standard InChI is InChI=1S/C16H17ClN4O6S/c1-7-10(17)3-20(19-7)4-11(23)18-12-14(24)21-13(16(25)26)9(5-27-8(2)22)6-28-15(12)21/h3,12,15H,4-6H2,1-2H3,(H,18,23)(H,25,26). The highest BCUT2D eigenvalue weighted by Gasteiger charge is 2.54. The normalized spacial score (nSPS) is 21.1. The molecule has 0 bridgehead atoms. The number of halogens is 1. The number of aromatic nitrogens is 2. The number of fused-ring (bicyclic) bond motifs is 1. The Kier molecular flexibility index (Phi) is 5.66. The molecule has 3 rings (SSSR count). The Morgan fingerprint density at radius 1 is 1.46 bits per heavy atom. The van der Waals surface area contributed by atoms with E-state index in [0.717, 1.165) is 4.90 Å². The number of ether oxygens (including phenoxy) is 1. The summed E-state index contributed by atoms with van der Waals surface area (Å²) in [4.78, 5) is 48.5. The number of thioether (sulfide) groups is 1. The van der Waals surface area contributed by atoms with Crippen LogP contribution in [-0.4, -0.2) is 67.3 Å². The van der Waals surface area contributed by atoms with Gasteiger partial charge in [-0.25, -0.2) is 4.79 Å². The Balaban J connectivity index is 1.68. The van der Waals surface area contributed by atoms with Crippen LogP contribution in [-0.2, 0) is 30.5 Å². The molecule has 3 heterocycles. The van der Waals surface area contributed by atoms with Crippen molar-refractivity contribution in [3.63, 3.8) is 0 Å². The lowest BCUT2D eigenvalue weighted by molar-refractivity contribution is -0.151. The number of hydrogen-bond donors (Lipinski definition) is 2. The third-order valence-electron chi connectivity index (χ3n) is 4.21. The lowest BCUT2D eigenvalue weighted by Crippen LogP contribution is -2.70. The van der Waals surface area contributed by atoms with Crippen molar-refractivity contribution in [1.82, 2.24) is 20.0 Å². The minimum Gasteiger partial charge on any atom is -0.477 e. The number of carboxylic acid groups (broad SMARTS) is 1. The molecule has 0 saturated carbocycles. The second-order valence-corrected chi connectivity index (χ2v) is 7.76. The summed E-state index contributed by atoms with van der Waals surface area (Å²) in [5.74, 6) is -2.53. The van der Waals surface area contributed by atoms with Gasteiger partial charge in [0.1, 0.15) is 30.3 Å². The number of hydrogen-bond acceptors (Lipinski definition) is 7. The number of esters is 1. The third-order valence-corrected chi connectivity index (χ3v) is 5.92. The zero-order chi connectivity index (χ0) is 20.6. The van der Waals surface area contributed by atoms with Gasteiger partial charge in [-0.2, -0.15) is 5.10 Å². The molecule has 2 aliphatic heterocycles. The first kappa shape index (κ1) is 20.2. The van der Waals surface area contributed by atoms with Gasteiger partial charge in [0.25, 0.3) is 5.91 Å². The topological polar surface area (TPSA) is 131 Å². The molecule has 2 amide bonds. The average molecular weight is 429 g/mol. The van der Waals surface area contributed by atoms with Gasteiger partial charge in [0.15, 0.2) is 0 Å². The zero-order valence-electron chi connectivity index (χ0n) is 15.0. The molecule has 1 fully saturated rings. The first-order valence-corrected chi connectivity index (χ1v) is 9.64. The van der Waals surface area contributed by atoms with Gasteiger partial charge >= 0.3 is 11.9 Å². The molecule has 1 aromatic heterocycles. The van der Waals surface area contributed by atoms with Crippen molar-refractivity contribution >= 4 is 47.1 Å². The van der Waals surface area contributed by atoms with E-state index in [1.165, 1.54) is 29.6 Å². The Bertz CT molecular complexity index is 878. The number of carbonyl (C=O) groups is 4. The summed E-state index contributed by atoms with van der Waals surface area (Å²) < 4.78 is 6.24. The van der Waals surface area contributed by atoms with Crippen molar-refractivity contribution in [2.24, 2.45) is 0 Å². The van der Waals surface area contributed by atoms with Crippen LogP contribution in [0, 0.1) is 6.92 Å². The Morgan fingerprint density at radius 2 is 2.18 bits per heavy atom. The largest absolute Gasteiger partial charge is 0.477 e. The van der Waals surface area contributed by atoms with Gasteiger partial charge in [-0.1, -0.05) is 11.6 Å². The molecular formula is C16H17ClN4O6S. The van der Waals surface area contributed by atoms with Crippen LogP contribution in [0.1, 0.15) is 12.6 Å². The van der Waals surface area contributed by atoms with Gasteiger partial charge in [-0.15, -0.1) is 11.8 Å². The fraction of sp³-hybridized carbons (Fsp3) is 0.438. The van der Waals surface area contributed by atoms with Crippen molar-refractivity contribution < 1.29 is 29.0 Å². The van der Waals surface area contributed by atoms with Crippen LogP contribution in [0.3, 0.4) is 0 Å². The Morgan fingerprint density at radius 3 is 2.75 bits per heavy atom. The van der Waals surface area contributed by atoms with E-state index in [1.807, 2.05) is 0 Å². The summed E-state index contributed by atoms with van der Waals surface area (Å²) in [5, 5.41) is 16.1. The predicted molar refractivity (Wildman–Crippen MR) is 98.3 cm³/mol. The van der Waals surface area contributed by atoms with E-state index in [1.54, 1.807) is 6.92 Å². The van der Waals surface area contributed by atoms with Gasteiger partial charge in [0.05, 0.1) is 10.7 Å². The van der Waals surface area contributed by atoms with Crippen LogP contribution >= 0.6 is 23.4 Å². The van der Waals surface area contributed by atoms with E-state index >= 15 is 0 Å². The van der Waals surface area contributed by atoms with Crippen molar-refractivity contribution in [2.45, 2.75) is 31.8 Å². The summed E-state index contributed by atoms with van der Waals surface area (Å²) in [6.45, 7) is 2.61. The SMILES string of the molecule is CC(=O)OCC1=C(C(=O)O)N2C(=O)C(NC(=O)Cn3cc(Cl)c(C)n3)C2SC1. The molecule has 0 spiro atoms. The van der Waals surface area contributed by atoms with E-state index < -0.39 is 35.2 Å². The van der Waals surface area contributed by atoms with Crippen molar-refractivity contribution in [2.75, 3.05) is 12.4 Å². The lowest BCUT2D eigenvalue weighted by Gasteiger charge is -2.49. The highest BCUT2D eigenvalue weighted by molar-refractivity contribution is 8.00. The molecule has 12 heteroatoms. The van der Waals surface area contributed by atoms with E-state index in [9.17, 15) is 24.3 Å². The zero-order valence-corrected chi connectivity index (χ0v) is 16.5. The van der Waals surface area contributed by atoms with Crippen LogP contribution in [0.2, 0.25) is 5.02 Å². The smallest absolute Gasteiger partial charge is 0.352 e. The molecule has 0 radical (unpaired) electrons. The second-order valence-electron chi connectivity index (χ2n) is 6.25. The van der Waals surface area contributed by atoms with E-state index in [0.29, 0.717) is 16.3 Å². The maximum atomic E-state index is 12.5. The quantitative estimate of drug-likeness (QED) is 0.483. The van der Waals surface area contributed by atoms with Gasteiger partial charge in [0.2, 0.25) is 5.91 Å². The predicted octanol–water partition coefficient (Wildman–Crippen LogP) is 0.147. The highest BCUT2D eigenvalue weighted by Crippen LogP contribution is 2.40. The molecule has 0 aliphatic carbocycles. The van der Waals surface area contributed by atoms with Crippen LogP contribution in [0.4, 0.5) is 0 Å². The third kappa shape index (κ3) is 3.85. The molecule has 1 aromatic rings. The first-order valence-electron chi connectivity index (χ1n) is 8.21. The van der Waals surface area contributed by atoms with Crippen LogP contribution in [0.5, 0.6) is 0 Å². The van der Waals surface area contributed by atoms with Gasteiger partial charge in [-0.05, 0) is 6.92 Å². The van der Waals surface area contributed by atoms with Gasteiger partial charge in [-0.3, -0.25) is 24.0 Å². The summed E-state index contributed by atoms with van der Waals surface area (Å²) in [6.07, 6.45) is 1.51. The molecule has 2 aliphatic rings. The number of amides is 2. The number of aryl methyl sites for hydroxylation is 1. The van der Waals surface area contributed by atoms with Crippen LogP contribution in [0.25, 0.3) is 0 Å². The van der Waals surface area contributed by atoms with E-state index in [4.69, 9.17) is 16.3 Å². The van der Waals surface area contributed by atoms with Crippen molar-refractivity contribution in [3.8, 4) is 0 Å². The van der Waals surface area contributed by atoms with Crippen LogP contribution in [0.15, 0.2) is 17.5 Å². The monoisotopic (exact) mass is 428 g/mol. The molecule has 150 valence electrons. The van der Waals surface area contributed by atoms with Crippen molar-refractivity contribution in [3.05, 3.63) is 28.2 Å². The van der Waals surface area contributed by atoms with Crippen LogP contribution < -0.4 is 5.32 Å². The molecule has 2 N–H and O–H groups in total. The Hall–Kier alpha value is -2.53. The lowest BCUT2D eigenvalue weighted by atomic mass is 10.0. The Labute approximate surface area is 168 Å². The van der Waals surface area contributed by atoms with Crippen molar-refractivity contribution in [1.29, 1.82) is 0 Å². The van der Waals surface area contributed by atoms with E-state index in [2.05, 4.69) is 10.4 Å².